The molecule has 0 fully saturated rings. The van der Waals surface area contributed by atoms with E-state index in [-0.39, 0.29) is 29.1 Å². The summed E-state index contributed by atoms with van der Waals surface area (Å²) in [5.41, 5.74) is 5.81. The lowest BCUT2D eigenvalue weighted by Crippen LogP contribution is -2.47. The number of rotatable bonds is 5. The summed E-state index contributed by atoms with van der Waals surface area (Å²) in [4.78, 5) is 25.5. The number of carbonyl (C=O) groups is 1. The number of ketones is 1. The third-order valence-corrected chi connectivity index (χ3v) is 8.26. The Morgan fingerprint density at radius 1 is 1.15 bits per heavy atom. The van der Waals surface area contributed by atoms with E-state index in [1.807, 2.05) is 53.2 Å². The third kappa shape index (κ3) is 4.08. The molecule has 2 aliphatic carbocycles. The first kappa shape index (κ1) is 24.9. The monoisotopic (exact) mass is 517 g/mol. The van der Waals surface area contributed by atoms with Crippen LogP contribution >= 0.6 is 0 Å². The normalized spacial score (nSPS) is 22.0. The van der Waals surface area contributed by atoms with Gasteiger partial charge in [-0.25, -0.2) is 13.9 Å². The lowest BCUT2D eigenvalue weighted by Gasteiger charge is -2.46. The van der Waals surface area contributed by atoms with Crippen molar-refractivity contribution in [1.82, 2.24) is 19.7 Å². The average Bonchev–Trinajstić information content (AvgIpc) is 3.36. The zero-order valence-corrected chi connectivity index (χ0v) is 21.9. The predicted octanol–water partition coefficient (Wildman–Crippen LogP) is 6.76. The van der Waals surface area contributed by atoms with Gasteiger partial charge in [0.1, 0.15) is 11.5 Å². The second kappa shape index (κ2) is 9.70. The van der Waals surface area contributed by atoms with E-state index in [9.17, 15) is 9.18 Å². The number of fused-ring (bicyclic) bond motifs is 3. The Labute approximate surface area is 227 Å². The molecule has 2 aliphatic rings. The Morgan fingerprint density at radius 2 is 1.97 bits per heavy atom. The number of Topliss-reactive ketones (excluding diaryl/α,β-unsaturated/α-hetero) is 1. The van der Waals surface area contributed by atoms with Crippen LogP contribution in [-0.2, 0) is 16.6 Å². The summed E-state index contributed by atoms with van der Waals surface area (Å²) in [6.45, 7) is 12.0. The minimum absolute atomic E-state index is 0.0261. The zero-order chi connectivity index (χ0) is 27.1. The van der Waals surface area contributed by atoms with Crippen LogP contribution in [0.25, 0.3) is 33.0 Å². The van der Waals surface area contributed by atoms with E-state index in [2.05, 4.69) is 28.7 Å². The van der Waals surface area contributed by atoms with Crippen LogP contribution in [0.5, 0.6) is 0 Å². The van der Waals surface area contributed by atoms with Crippen LogP contribution in [0.15, 0.2) is 78.9 Å². The summed E-state index contributed by atoms with van der Waals surface area (Å²) in [6.07, 6.45) is 9.77. The van der Waals surface area contributed by atoms with Crippen molar-refractivity contribution in [2.75, 3.05) is 0 Å². The van der Waals surface area contributed by atoms with Gasteiger partial charge in [0.2, 0.25) is 5.70 Å². The number of pyridine rings is 2. The Morgan fingerprint density at radius 3 is 2.67 bits per heavy atom. The van der Waals surface area contributed by atoms with Gasteiger partial charge in [0.25, 0.3) is 0 Å². The molecule has 194 valence electrons. The van der Waals surface area contributed by atoms with Crippen molar-refractivity contribution >= 4 is 5.78 Å². The fraction of sp³-hybridized carbons (Fsp3) is 0.281. The summed E-state index contributed by atoms with van der Waals surface area (Å²) >= 11 is 0. The smallest absolute Gasteiger partial charge is 0.226 e. The molecule has 6 rings (SSSR count). The molecular weight excluding hydrogens is 489 g/mol. The molecule has 0 N–H and O–H groups in total. The highest BCUT2D eigenvalue weighted by molar-refractivity contribution is 6.00. The number of benzene rings is 1. The van der Waals surface area contributed by atoms with E-state index in [0.717, 1.165) is 59.6 Å². The molecule has 0 amide bonds. The van der Waals surface area contributed by atoms with Gasteiger partial charge in [-0.1, -0.05) is 44.5 Å². The highest BCUT2D eigenvalue weighted by Gasteiger charge is 2.51. The minimum atomic E-state index is -0.549. The van der Waals surface area contributed by atoms with E-state index >= 15 is 0 Å². The Hall–Kier alpha value is -4.44. The molecule has 3 heterocycles. The van der Waals surface area contributed by atoms with Gasteiger partial charge < -0.3 is 4.79 Å². The van der Waals surface area contributed by atoms with Crippen LogP contribution in [0.1, 0.15) is 44.4 Å². The van der Waals surface area contributed by atoms with Gasteiger partial charge in [-0.3, -0.25) is 9.97 Å². The van der Waals surface area contributed by atoms with Crippen molar-refractivity contribution in [1.29, 1.82) is 0 Å². The molecule has 3 atom stereocenters. The standard InChI is InChI=1S/C32H28FN5O/c1-4-7-24-26-14-13-25-29(27-8-5-6-15-36-27)37-38(31(25)32(26,2)17-28(34-3)30(24)39)23-11-9-20(10-12-23)21-16-22(33)19-35-18-21/h5-6,8-12,15-19,24,26H,4,7,13-14H2,1-2H3/t24-,26-,32-/m1/s1. The lowest BCUT2D eigenvalue weighted by molar-refractivity contribution is -0.122. The number of hydrogen-bond donors (Lipinski definition) is 0. The van der Waals surface area contributed by atoms with E-state index in [1.54, 1.807) is 12.4 Å². The maximum absolute atomic E-state index is 13.8. The second-order valence-electron chi connectivity index (χ2n) is 10.6. The van der Waals surface area contributed by atoms with E-state index < -0.39 is 5.41 Å². The van der Waals surface area contributed by atoms with E-state index in [4.69, 9.17) is 11.7 Å². The Kier molecular flexibility index (Phi) is 6.19. The number of carbonyl (C=O) groups excluding carboxylic acids is 1. The fourth-order valence-electron chi connectivity index (χ4n) is 6.53. The summed E-state index contributed by atoms with van der Waals surface area (Å²) in [5.74, 6) is -0.520. The maximum Gasteiger partial charge on any atom is 0.226 e. The molecule has 0 saturated carbocycles. The van der Waals surface area contributed by atoms with Gasteiger partial charge >= 0.3 is 0 Å². The molecule has 4 aromatic rings. The SMILES string of the molecule is [C-]#[N+]C1=C[C@@]2(C)c3c(c(-c4ccccn4)nn3-c3ccc(-c4cncc(F)c4)cc3)CC[C@@H]2[C@@H](CCC)C1=O. The number of allylic oxidation sites excluding steroid dienone is 2. The minimum Gasteiger partial charge on any atom is -0.308 e. The molecule has 0 spiro atoms. The first-order chi connectivity index (χ1) is 18.9. The molecule has 3 aromatic heterocycles. The molecule has 39 heavy (non-hydrogen) atoms. The molecule has 0 bridgehead atoms. The van der Waals surface area contributed by atoms with Crippen molar-refractivity contribution in [3.05, 3.63) is 107 Å². The highest BCUT2D eigenvalue weighted by Crippen LogP contribution is 2.53. The summed E-state index contributed by atoms with van der Waals surface area (Å²) in [5, 5.41) is 5.12. The second-order valence-corrected chi connectivity index (χ2v) is 10.6. The van der Waals surface area contributed by atoms with Crippen molar-refractivity contribution < 1.29 is 9.18 Å². The average molecular weight is 518 g/mol. The van der Waals surface area contributed by atoms with Gasteiger partial charge in [0.05, 0.1) is 29.8 Å². The summed E-state index contributed by atoms with van der Waals surface area (Å²) in [7, 11) is 0. The topological polar surface area (TPSA) is 65.0 Å². The van der Waals surface area contributed by atoms with Gasteiger partial charge in [0.15, 0.2) is 5.78 Å². The van der Waals surface area contributed by atoms with Crippen LogP contribution in [0.4, 0.5) is 4.39 Å². The number of hydrogen-bond acceptors (Lipinski definition) is 4. The predicted molar refractivity (Wildman–Crippen MR) is 147 cm³/mol. The zero-order valence-electron chi connectivity index (χ0n) is 21.9. The molecular formula is C32H28FN5O. The van der Waals surface area contributed by atoms with Crippen molar-refractivity contribution in [2.45, 2.75) is 44.9 Å². The summed E-state index contributed by atoms with van der Waals surface area (Å²) < 4.78 is 15.8. The molecule has 7 heteroatoms. The van der Waals surface area contributed by atoms with Gasteiger partial charge in [-0.2, -0.15) is 5.10 Å². The van der Waals surface area contributed by atoms with E-state index in [0.29, 0.717) is 5.56 Å². The highest BCUT2D eigenvalue weighted by atomic mass is 19.1. The van der Waals surface area contributed by atoms with Crippen molar-refractivity contribution in [3.63, 3.8) is 0 Å². The number of aromatic nitrogens is 4. The quantitative estimate of drug-likeness (QED) is 0.275. The number of halogens is 1. The summed E-state index contributed by atoms with van der Waals surface area (Å²) in [6, 6.07) is 15.1. The van der Waals surface area contributed by atoms with Gasteiger partial charge in [-0.15, -0.1) is 0 Å². The van der Waals surface area contributed by atoms with Crippen LogP contribution in [0.2, 0.25) is 0 Å². The molecule has 6 nitrogen and oxygen atoms in total. The van der Waals surface area contributed by atoms with Crippen LogP contribution in [0.3, 0.4) is 0 Å². The molecule has 0 saturated heterocycles. The molecule has 0 aliphatic heterocycles. The van der Waals surface area contributed by atoms with E-state index in [1.165, 1.54) is 12.3 Å². The van der Waals surface area contributed by atoms with Crippen LogP contribution in [-0.4, -0.2) is 25.5 Å². The lowest BCUT2D eigenvalue weighted by atomic mass is 9.57. The first-order valence-corrected chi connectivity index (χ1v) is 13.3. The van der Waals surface area contributed by atoms with Crippen LogP contribution in [0, 0.1) is 24.2 Å². The van der Waals surface area contributed by atoms with Gasteiger partial charge in [-0.05, 0) is 61.1 Å². The maximum atomic E-state index is 13.8. The fourth-order valence-corrected chi connectivity index (χ4v) is 6.53. The van der Waals surface area contributed by atoms with Crippen LogP contribution < -0.4 is 0 Å². The first-order valence-electron chi connectivity index (χ1n) is 13.3. The molecule has 0 unspecified atom stereocenters. The van der Waals surface area contributed by atoms with Gasteiger partial charge in [0, 0.05) is 34.9 Å². The number of nitrogens with zero attached hydrogens (tertiary/aromatic N) is 5. The molecule has 0 radical (unpaired) electrons. The van der Waals surface area contributed by atoms with Crippen molar-refractivity contribution in [3.8, 4) is 28.2 Å². The van der Waals surface area contributed by atoms with Crippen molar-refractivity contribution in [2.24, 2.45) is 11.8 Å². The Balaban J connectivity index is 1.56. The third-order valence-electron chi connectivity index (χ3n) is 8.26. The largest absolute Gasteiger partial charge is 0.308 e. The molecule has 1 aromatic carbocycles. The Bertz CT molecular complexity index is 1630.